The van der Waals surface area contributed by atoms with Crippen molar-refractivity contribution in [2.75, 3.05) is 31.2 Å². The molecule has 0 atom stereocenters. The van der Waals surface area contributed by atoms with Crippen LogP contribution in [0.1, 0.15) is 62.7 Å². The average Bonchev–Trinajstić information content (AvgIpc) is 3.63. The van der Waals surface area contributed by atoms with Crippen LogP contribution in [0.25, 0.3) is 17.7 Å². The molecule has 264 valence electrons. The molecule has 0 amide bonds. The van der Waals surface area contributed by atoms with Crippen molar-refractivity contribution in [1.29, 1.82) is 15.8 Å². The number of carbonyl (C=O) groups excluding carboxylic acids is 2. The Kier molecular flexibility index (Phi) is 12.9. The second-order valence-corrected chi connectivity index (χ2v) is 14.3. The molecule has 8 nitrogen and oxygen atoms in total. The predicted octanol–water partition coefficient (Wildman–Crippen LogP) is 9.44. The van der Waals surface area contributed by atoms with Crippen molar-refractivity contribution in [3.8, 4) is 18.2 Å². The van der Waals surface area contributed by atoms with Crippen LogP contribution in [0.4, 0.5) is 5.69 Å². The van der Waals surface area contributed by atoms with Gasteiger partial charge in [-0.2, -0.15) is 15.8 Å². The quantitative estimate of drug-likeness (QED) is 0.0988. The second kappa shape index (κ2) is 18.1. The maximum atomic E-state index is 12.5. The first-order chi connectivity index (χ1) is 25.7. The second-order valence-electron chi connectivity index (χ2n) is 13.2. The maximum absolute atomic E-state index is 12.5. The van der Waals surface area contributed by atoms with Crippen molar-refractivity contribution in [3.05, 3.63) is 152 Å². The fourth-order valence-corrected chi connectivity index (χ4v) is 6.99. The third kappa shape index (κ3) is 10.8. The van der Waals surface area contributed by atoms with E-state index in [0.717, 1.165) is 34.5 Å². The molecule has 0 bridgehead atoms. The highest BCUT2D eigenvalue weighted by Gasteiger charge is 2.25. The van der Waals surface area contributed by atoms with Crippen LogP contribution in [-0.2, 0) is 9.47 Å². The fourth-order valence-electron chi connectivity index (χ4n) is 6.01. The number of nitriles is 3. The SMILES string of the molecule is CC1(C)CC(/C=C/c2ccc(N(CCOC(=O)c3ccccc3)CCOC(=O)c3ccccc3)cc2)=CC(=C/c2ccc(C(C#N)=C(C#N)C#N)s2)/C1. The minimum Gasteiger partial charge on any atom is -0.460 e. The lowest BCUT2D eigenvalue weighted by atomic mass is 9.75. The predicted molar refractivity (Wildman–Crippen MR) is 208 cm³/mol. The van der Waals surface area contributed by atoms with E-state index >= 15 is 0 Å². The van der Waals surface area contributed by atoms with E-state index < -0.39 is 11.9 Å². The minimum absolute atomic E-state index is 0.0329. The molecule has 53 heavy (non-hydrogen) atoms. The van der Waals surface area contributed by atoms with E-state index in [1.807, 2.05) is 65.6 Å². The number of thiophene rings is 1. The molecule has 1 aliphatic carbocycles. The molecular weight excluding hydrogens is 681 g/mol. The largest absolute Gasteiger partial charge is 0.460 e. The van der Waals surface area contributed by atoms with Gasteiger partial charge in [0.2, 0.25) is 0 Å². The smallest absolute Gasteiger partial charge is 0.338 e. The number of anilines is 1. The Balaban J connectivity index is 1.28. The molecule has 0 radical (unpaired) electrons. The van der Waals surface area contributed by atoms with Crippen LogP contribution in [0, 0.1) is 39.4 Å². The molecule has 0 spiro atoms. The van der Waals surface area contributed by atoms with Gasteiger partial charge < -0.3 is 14.4 Å². The van der Waals surface area contributed by atoms with E-state index in [0.29, 0.717) is 29.1 Å². The summed E-state index contributed by atoms with van der Waals surface area (Å²) in [5.74, 6) is -0.787. The summed E-state index contributed by atoms with van der Waals surface area (Å²) < 4.78 is 11.1. The number of rotatable bonds is 13. The summed E-state index contributed by atoms with van der Waals surface area (Å²) in [6, 6.07) is 35.1. The Hall–Kier alpha value is -6.47. The van der Waals surface area contributed by atoms with Crippen LogP contribution >= 0.6 is 11.3 Å². The first-order valence-electron chi connectivity index (χ1n) is 17.1. The van der Waals surface area contributed by atoms with E-state index in [4.69, 9.17) is 9.47 Å². The topological polar surface area (TPSA) is 127 Å². The summed E-state index contributed by atoms with van der Waals surface area (Å²) in [6.07, 6.45) is 10.3. The van der Waals surface area contributed by atoms with E-state index in [1.54, 1.807) is 54.6 Å². The Bertz CT molecular complexity index is 2100. The van der Waals surface area contributed by atoms with Crippen LogP contribution in [0.5, 0.6) is 0 Å². The lowest BCUT2D eigenvalue weighted by Crippen LogP contribution is -2.32. The highest BCUT2D eigenvalue weighted by Crippen LogP contribution is 2.40. The van der Waals surface area contributed by atoms with Gasteiger partial charge in [-0.15, -0.1) is 11.3 Å². The number of ether oxygens (including phenoxy) is 2. The van der Waals surface area contributed by atoms with E-state index in [2.05, 4.69) is 38.2 Å². The highest BCUT2D eigenvalue weighted by molar-refractivity contribution is 7.14. The Labute approximate surface area is 314 Å². The van der Waals surface area contributed by atoms with Crippen LogP contribution in [0.15, 0.2) is 126 Å². The van der Waals surface area contributed by atoms with Crippen molar-refractivity contribution in [1.82, 2.24) is 0 Å². The maximum Gasteiger partial charge on any atom is 0.338 e. The number of allylic oxidation sites excluding steroid dienone is 6. The van der Waals surface area contributed by atoms with Crippen molar-refractivity contribution in [2.24, 2.45) is 5.41 Å². The van der Waals surface area contributed by atoms with Crippen molar-refractivity contribution < 1.29 is 19.1 Å². The summed E-state index contributed by atoms with van der Waals surface area (Å²) in [6.45, 7) is 5.61. The van der Waals surface area contributed by atoms with Gasteiger partial charge in [0.15, 0.2) is 0 Å². The number of benzene rings is 3. The molecule has 1 aromatic heterocycles. The van der Waals surface area contributed by atoms with Crippen molar-refractivity contribution >= 4 is 46.7 Å². The number of hydrogen-bond donors (Lipinski definition) is 0. The summed E-state index contributed by atoms with van der Waals surface area (Å²) in [4.78, 5) is 28.7. The lowest BCUT2D eigenvalue weighted by molar-refractivity contribution is 0.0504. The van der Waals surface area contributed by atoms with Gasteiger partial charge in [0, 0.05) is 15.4 Å². The Morgan fingerprint density at radius 1 is 0.755 bits per heavy atom. The lowest BCUT2D eigenvalue weighted by Gasteiger charge is -2.30. The first-order valence-corrected chi connectivity index (χ1v) is 17.9. The molecule has 0 N–H and O–H groups in total. The molecular formula is C44H38N4O4S. The molecule has 4 aromatic rings. The molecule has 0 fully saturated rings. The van der Waals surface area contributed by atoms with Gasteiger partial charge in [0.05, 0.1) is 29.8 Å². The standard InChI is InChI=1S/C44H38N4O4S/c1-44(2)27-33(25-34(28-44)26-39-19-20-41(53-39)40(31-47)37(29-45)30-46)14-13-32-15-17-38(18-16-32)48(21-23-51-42(49)35-9-5-3-6-10-35)22-24-52-43(50)36-11-7-4-8-12-36/h3-20,25-26H,21-24,27-28H2,1-2H3/b14-13+,34-26-. The van der Waals surface area contributed by atoms with Crippen molar-refractivity contribution in [3.63, 3.8) is 0 Å². The third-order valence-electron chi connectivity index (χ3n) is 8.48. The fraction of sp³-hybridized carbons (Fsp3) is 0.205. The summed E-state index contributed by atoms with van der Waals surface area (Å²) in [7, 11) is 0. The van der Waals surface area contributed by atoms with Crippen LogP contribution in [0.2, 0.25) is 0 Å². The molecule has 5 rings (SSSR count). The van der Waals surface area contributed by atoms with Gasteiger partial charge in [0.1, 0.15) is 37.0 Å². The molecule has 9 heteroatoms. The normalized spacial score (nSPS) is 13.9. The molecule has 0 saturated heterocycles. The molecule has 0 aliphatic heterocycles. The van der Waals surface area contributed by atoms with E-state index in [-0.39, 0.29) is 29.8 Å². The molecule has 1 aliphatic rings. The zero-order chi connectivity index (χ0) is 37.6. The zero-order valence-corrected chi connectivity index (χ0v) is 30.4. The van der Waals surface area contributed by atoms with E-state index in [9.17, 15) is 25.4 Å². The number of hydrogen-bond acceptors (Lipinski definition) is 9. The Morgan fingerprint density at radius 2 is 1.34 bits per heavy atom. The summed E-state index contributed by atoms with van der Waals surface area (Å²) in [5.41, 5.74) is 5.17. The Morgan fingerprint density at radius 3 is 1.89 bits per heavy atom. The molecule has 0 unspecified atom stereocenters. The molecule has 0 saturated carbocycles. The molecule has 1 heterocycles. The van der Waals surface area contributed by atoms with Gasteiger partial charge in [0.25, 0.3) is 0 Å². The van der Waals surface area contributed by atoms with Gasteiger partial charge >= 0.3 is 11.9 Å². The van der Waals surface area contributed by atoms with Crippen LogP contribution in [0.3, 0.4) is 0 Å². The summed E-state index contributed by atoms with van der Waals surface area (Å²) in [5, 5.41) is 28.0. The monoisotopic (exact) mass is 718 g/mol. The van der Waals surface area contributed by atoms with Crippen molar-refractivity contribution in [2.45, 2.75) is 26.7 Å². The number of nitrogens with zero attached hydrogens (tertiary/aromatic N) is 4. The highest BCUT2D eigenvalue weighted by atomic mass is 32.1. The number of carbonyl (C=O) groups is 2. The van der Waals surface area contributed by atoms with Gasteiger partial charge in [-0.25, -0.2) is 9.59 Å². The summed E-state index contributed by atoms with van der Waals surface area (Å²) >= 11 is 1.38. The average molecular weight is 719 g/mol. The van der Waals surface area contributed by atoms with Gasteiger partial charge in [-0.3, -0.25) is 0 Å². The van der Waals surface area contributed by atoms with Gasteiger partial charge in [-0.1, -0.05) is 80.6 Å². The minimum atomic E-state index is -0.394. The zero-order valence-electron chi connectivity index (χ0n) is 29.6. The third-order valence-corrected chi connectivity index (χ3v) is 9.53. The number of esters is 2. The van der Waals surface area contributed by atoms with Gasteiger partial charge in [-0.05, 0) is 89.6 Å². The molecule has 3 aromatic carbocycles. The van der Waals surface area contributed by atoms with E-state index in [1.165, 1.54) is 16.9 Å². The first kappa shape index (κ1) is 37.8. The van der Waals surface area contributed by atoms with Crippen LogP contribution < -0.4 is 4.90 Å². The van der Waals surface area contributed by atoms with Crippen LogP contribution in [-0.4, -0.2) is 38.2 Å².